The molecule has 0 spiro atoms. The second-order valence-corrected chi connectivity index (χ2v) is 5.28. The predicted molar refractivity (Wildman–Crippen MR) is 85.0 cm³/mol. The van der Waals surface area contributed by atoms with E-state index in [9.17, 15) is 13.6 Å². The summed E-state index contributed by atoms with van der Waals surface area (Å²) < 4.78 is 28.4. The Morgan fingerprint density at radius 1 is 1.13 bits per heavy atom. The maximum absolute atomic E-state index is 12.2. The van der Waals surface area contributed by atoms with E-state index in [4.69, 9.17) is 0 Å². The summed E-state index contributed by atoms with van der Waals surface area (Å²) in [6.07, 6.45) is 0.617. The second-order valence-electron chi connectivity index (χ2n) is 5.28. The van der Waals surface area contributed by atoms with Gasteiger partial charge < -0.3 is 10.1 Å². The standard InChI is InChI=1S/C18H19F2NO2/c1-12-4-3-5-16(13(12)2)17(22)21-11-10-14-6-8-15(9-7-14)23-18(19)20/h3-9,18H,10-11H2,1-2H3,(H,21,22). The minimum absolute atomic E-state index is 0.108. The molecule has 2 aromatic rings. The quantitative estimate of drug-likeness (QED) is 0.877. The normalized spacial score (nSPS) is 10.7. The van der Waals surface area contributed by atoms with Crippen molar-refractivity contribution in [2.75, 3.05) is 6.54 Å². The minimum Gasteiger partial charge on any atom is -0.435 e. The van der Waals surface area contributed by atoms with Crippen LogP contribution in [0.5, 0.6) is 5.75 Å². The molecule has 0 aliphatic carbocycles. The number of benzene rings is 2. The molecule has 2 rings (SSSR count). The van der Waals surface area contributed by atoms with Gasteiger partial charge in [0, 0.05) is 12.1 Å². The number of hydrogen-bond donors (Lipinski definition) is 1. The number of nitrogens with one attached hydrogen (secondary N) is 1. The van der Waals surface area contributed by atoms with Crippen LogP contribution in [0.4, 0.5) is 8.78 Å². The molecule has 0 aliphatic heterocycles. The second kappa shape index (κ2) is 7.72. The van der Waals surface area contributed by atoms with Gasteiger partial charge in [-0.05, 0) is 55.2 Å². The average molecular weight is 319 g/mol. The summed E-state index contributed by atoms with van der Waals surface area (Å²) in [5.41, 5.74) is 3.66. The minimum atomic E-state index is -2.82. The van der Waals surface area contributed by atoms with Crippen molar-refractivity contribution in [2.24, 2.45) is 0 Å². The third-order valence-corrected chi connectivity index (χ3v) is 3.70. The lowest BCUT2D eigenvalue weighted by molar-refractivity contribution is -0.0498. The van der Waals surface area contributed by atoms with E-state index in [1.165, 1.54) is 12.1 Å². The van der Waals surface area contributed by atoms with Gasteiger partial charge in [0.15, 0.2) is 0 Å². The van der Waals surface area contributed by atoms with Crippen LogP contribution in [0.1, 0.15) is 27.0 Å². The molecule has 0 atom stereocenters. The van der Waals surface area contributed by atoms with E-state index in [1.807, 2.05) is 26.0 Å². The van der Waals surface area contributed by atoms with E-state index >= 15 is 0 Å². The van der Waals surface area contributed by atoms with Crippen molar-refractivity contribution in [3.05, 3.63) is 64.7 Å². The first-order valence-corrected chi connectivity index (χ1v) is 7.35. The fraction of sp³-hybridized carbons (Fsp3) is 0.278. The lowest BCUT2D eigenvalue weighted by atomic mass is 10.0. The summed E-state index contributed by atoms with van der Waals surface area (Å²) in [5, 5.41) is 2.87. The summed E-state index contributed by atoms with van der Waals surface area (Å²) in [4.78, 5) is 12.2. The van der Waals surface area contributed by atoms with E-state index < -0.39 is 6.61 Å². The molecule has 23 heavy (non-hydrogen) atoms. The molecule has 2 aromatic carbocycles. The van der Waals surface area contributed by atoms with Gasteiger partial charge in [-0.3, -0.25) is 4.79 Å². The fourth-order valence-corrected chi connectivity index (χ4v) is 2.25. The van der Waals surface area contributed by atoms with Crippen LogP contribution in [0.15, 0.2) is 42.5 Å². The molecule has 0 radical (unpaired) electrons. The van der Waals surface area contributed by atoms with Crippen LogP contribution in [0.3, 0.4) is 0 Å². The van der Waals surface area contributed by atoms with Crippen molar-refractivity contribution in [1.29, 1.82) is 0 Å². The number of rotatable bonds is 6. The number of hydrogen-bond acceptors (Lipinski definition) is 2. The molecule has 0 saturated carbocycles. The van der Waals surface area contributed by atoms with Crippen LogP contribution in [-0.2, 0) is 6.42 Å². The van der Waals surface area contributed by atoms with Crippen molar-refractivity contribution in [1.82, 2.24) is 5.32 Å². The van der Waals surface area contributed by atoms with E-state index in [0.717, 1.165) is 16.7 Å². The third kappa shape index (κ3) is 4.77. The Kier molecular flexibility index (Phi) is 5.68. The highest BCUT2D eigenvalue weighted by Crippen LogP contribution is 2.15. The highest BCUT2D eigenvalue weighted by atomic mass is 19.3. The fourth-order valence-electron chi connectivity index (χ4n) is 2.25. The van der Waals surface area contributed by atoms with E-state index in [-0.39, 0.29) is 11.7 Å². The van der Waals surface area contributed by atoms with Gasteiger partial charge in [0.2, 0.25) is 0 Å². The average Bonchev–Trinajstić information content (AvgIpc) is 2.51. The Morgan fingerprint density at radius 2 is 1.83 bits per heavy atom. The number of halogens is 2. The Hall–Kier alpha value is -2.43. The van der Waals surface area contributed by atoms with Gasteiger partial charge >= 0.3 is 6.61 Å². The molecule has 122 valence electrons. The number of aryl methyl sites for hydroxylation is 1. The van der Waals surface area contributed by atoms with Gasteiger partial charge in [-0.15, -0.1) is 0 Å². The third-order valence-electron chi connectivity index (χ3n) is 3.70. The van der Waals surface area contributed by atoms with Crippen LogP contribution >= 0.6 is 0 Å². The van der Waals surface area contributed by atoms with E-state index in [1.54, 1.807) is 18.2 Å². The first kappa shape index (κ1) is 16.9. The Balaban J connectivity index is 1.87. The van der Waals surface area contributed by atoms with Gasteiger partial charge in [-0.1, -0.05) is 24.3 Å². The number of carbonyl (C=O) groups excluding carboxylic acids is 1. The molecule has 0 unspecified atom stereocenters. The number of amides is 1. The number of carbonyl (C=O) groups is 1. The Bertz CT molecular complexity index is 669. The van der Waals surface area contributed by atoms with Gasteiger partial charge in [-0.2, -0.15) is 8.78 Å². The number of alkyl halides is 2. The highest BCUT2D eigenvalue weighted by Gasteiger charge is 2.09. The zero-order chi connectivity index (χ0) is 16.8. The molecule has 0 heterocycles. The van der Waals surface area contributed by atoms with Crippen LogP contribution in [0, 0.1) is 13.8 Å². The zero-order valence-electron chi connectivity index (χ0n) is 13.1. The first-order chi connectivity index (χ1) is 11.0. The Labute approximate surface area is 134 Å². The lowest BCUT2D eigenvalue weighted by Crippen LogP contribution is -2.26. The van der Waals surface area contributed by atoms with Gasteiger partial charge in [0.25, 0.3) is 5.91 Å². The van der Waals surface area contributed by atoms with Crippen LogP contribution < -0.4 is 10.1 Å². The molecule has 1 amide bonds. The van der Waals surface area contributed by atoms with Gasteiger partial charge in [0.1, 0.15) is 5.75 Å². The van der Waals surface area contributed by atoms with Crippen molar-refractivity contribution in [2.45, 2.75) is 26.9 Å². The van der Waals surface area contributed by atoms with Crippen molar-refractivity contribution in [3.8, 4) is 5.75 Å². The Morgan fingerprint density at radius 3 is 2.48 bits per heavy atom. The van der Waals surface area contributed by atoms with E-state index in [0.29, 0.717) is 18.5 Å². The molecule has 0 saturated heterocycles. The summed E-state index contributed by atoms with van der Waals surface area (Å²) >= 11 is 0. The van der Waals surface area contributed by atoms with Gasteiger partial charge in [-0.25, -0.2) is 0 Å². The van der Waals surface area contributed by atoms with Crippen molar-refractivity contribution < 1.29 is 18.3 Å². The van der Waals surface area contributed by atoms with E-state index in [2.05, 4.69) is 10.1 Å². The predicted octanol–water partition coefficient (Wildman–Crippen LogP) is 3.88. The number of ether oxygens (including phenoxy) is 1. The summed E-state index contributed by atoms with van der Waals surface area (Å²) in [6, 6.07) is 12.0. The summed E-state index contributed by atoms with van der Waals surface area (Å²) in [5.74, 6) is 0.0204. The molecular weight excluding hydrogens is 300 g/mol. The topological polar surface area (TPSA) is 38.3 Å². The molecule has 0 aromatic heterocycles. The monoisotopic (exact) mass is 319 g/mol. The first-order valence-electron chi connectivity index (χ1n) is 7.35. The van der Waals surface area contributed by atoms with Crippen molar-refractivity contribution >= 4 is 5.91 Å². The molecule has 1 N–H and O–H groups in total. The summed E-state index contributed by atoms with van der Waals surface area (Å²) in [6.45, 7) is 1.54. The SMILES string of the molecule is Cc1cccc(C(=O)NCCc2ccc(OC(F)F)cc2)c1C. The smallest absolute Gasteiger partial charge is 0.387 e. The van der Waals surface area contributed by atoms with Crippen LogP contribution in [-0.4, -0.2) is 19.1 Å². The lowest BCUT2D eigenvalue weighted by Gasteiger charge is -2.10. The molecule has 3 nitrogen and oxygen atoms in total. The molecular formula is C18H19F2NO2. The largest absolute Gasteiger partial charge is 0.435 e. The highest BCUT2D eigenvalue weighted by molar-refractivity contribution is 5.95. The maximum atomic E-state index is 12.2. The maximum Gasteiger partial charge on any atom is 0.387 e. The van der Waals surface area contributed by atoms with Crippen LogP contribution in [0.25, 0.3) is 0 Å². The molecule has 0 aliphatic rings. The molecule has 0 fully saturated rings. The van der Waals surface area contributed by atoms with Gasteiger partial charge in [0.05, 0.1) is 0 Å². The van der Waals surface area contributed by atoms with Crippen LogP contribution in [0.2, 0.25) is 0 Å². The van der Waals surface area contributed by atoms with Crippen molar-refractivity contribution in [3.63, 3.8) is 0 Å². The molecule has 5 heteroatoms. The summed E-state index contributed by atoms with van der Waals surface area (Å²) in [7, 11) is 0. The zero-order valence-corrected chi connectivity index (χ0v) is 13.1. The molecule has 0 bridgehead atoms.